The maximum absolute atomic E-state index is 10.6. The SMILES string of the molecule is CC(C)(COB(O)c1cccc2ccccc12)COB(O)c1cccc2ccccc12. The van der Waals surface area contributed by atoms with Crippen LogP contribution in [-0.4, -0.2) is 37.5 Å². The largest absolute Gasteiger partial charge is 0.491 e. The summed E-state index contributed by atoms with van der Waals surface area (Å²) in [6, 6.07) is 27.4. The third-order valence-electron chi connectivity index (χ3n) is 5.44. The van der Waals surface area contributed by atoms with Crippen LogP contribution in [0.1, 0.15) is 13.8 Å². The Morgan fingerprint density at radius 1 is 0.613 bits per heavy atom. The van der Waals surface area contributed by atoms with Crippen LogP contribution in [0.15, 0.2) is 84.9 Å². The van der Waals surface area contributed by atoms with Gasteiger partial charge in [-0.3, -0.25) is 0 Å². The van der Waals surface area contributed by atoms with E-state index in [0.29, 0.717) is 0 Å². The van der Waals surface area contributed by atoms with E-state index in [1.807, 2.05) is 98.8 Å². The van der Waals surface area contributed by atoms with E-state index in [1.165, 1.54) is 0 Å². The van der Waals surface area contributed by atoms with Gasteiger partial charge in [0.1, 0.15) is 0 Å². The van der Waals surface area contributed by atoms with Crippen molar-refractivity contribution in [1.82, 2.24) is 0 Å². The van der Waals surface area contributed by atoms with Gasteiger partial charge in [-0.15, -0.1) is 0 Å². The summed E-state index contributed by atoms with van der Waals surface area (Å²) in [5, 5.41) is 25.3. The highest BCUT2D eigenvalue weighted by Crippen LogP contribution is 2.19. The molecule has 0 saturated heterocycles. The molecule has 0 radical (unpaired) electrons. The first kappa shape index (κ1) is 21.6. The topological polar surface area (TPSA) is 58.9 Å². The van der Waals surface area contributed by atoms with Crippen LogP contribution in [0.5, 0.6) is 0 Å². The van der Waals surface area contributed by atoms with Crippen LogP contribution in [0.3, 0.4) is 0 Å². The Bertz CT molecular complexity index is 1080. The Morgan fingerprint density at radius 2 is 1.00 bits per heavy atom. The van der Waals surface area contributed by atoms with Crippen molar-refractivity contribution >= 4 is 46.7 Å². The molecule has 0 unspecified atom stereocenters. The molecule has 0 amide bonds. The molecule has 0 fully saturated rings. The monoisotopic (exact) mass is 412 g/mol. The van der Waals surface area contributed by atoms with Crippen molar-refractivity contribution < 1.29 is 19.4 Å². The lowest BCUT2D eigenvalue weighted by molar-refractivity contribution is 0.0915. The predicted octanol–water partition coefficient (Wildman–Crippen LogP) is 3.13. The third-order valence-corrected chi connectivity index (χ3v) is 5.44. The maximum Gasteiger partial charge on any atom is 0.491 e. The average molecular weight is 412 g/mol. The highest BCUT2D eigenvalue weighted by atomic mass is 16.5. The molecule has 4 rings (SSSR count). The molecule has 0 aliphatic heterocycles. The fourth-order valence-corrected chi connectivity index (χ4v) is 3.76. The van der Waals surface area contributed by atoms with Crippen molar-refractivity contribution in [3.05, 3.63) is 84.9 Å². The second-order valence-corrected chi connectivity index (χ2v) is 8.63. The molecule has 4 aromatic carbocycles. The Morgan fingerprint density at radius 3 is 1.45 bits per heavy atom. The molecule has 0 atom stereocenters. The zero-order valence-corrected chi connectivity index (χ0v) is 17.9. The minimum absolute atomic E-state index is 0.277. The van der Waals surface area contributed by atoms with Crippen molar-refractivity contribution in [3.8, 4) is 0 Å². The summed E-state index contributed by atoms with van der Waals surface area (Å²) in [5.41, 5.74) is 1.08. The molecule has 0 bridgehead atoms. The molecule has 0 heterocycles. The van der Waals surface area contributed by atoms with Gasteiger partial charge in [-0.2, -0.15) is 0 Å². The average Bonchev–Trinajstić information content (AvgIpc) is 2.80. The number of benzene rings is 4. The molecular weight excluding hydrogens is 386 g/mol. The van der Waals surface area contributed by atoms with Crippen LogP contribution in [-0.2, 0) is 9.31 Å². The standard InChI is InChI=1S/C25H26B2O4/c1-25(2,17-30-26(28)23-15-7-11-19-9-3-5-13-21(19)23)18-31-27(29)24-16-8-12-20-10-4-6-14-22(20)24/h3-16,28-29H,17-18H2,1-2H3. The summed E-state index contributed by atoms with van der Waals surface area (Å²) in [5.74, 6) is 0. The summed E-state index contributed by atoms with van der Waals surface area (Å²) in [6.07, 6.45) is 0. The van der Waals surface area contributed by atoms with Crippen molar-refractivity contribution in [2.75, 3.05) is 13.2 Å². The number of hydrogen-bond donors (Lipinski definition) is 2. The van der Waals surface area contributed by atoms with E-state index in [4.69, 9.17) is 9.31 Å². The van der Waals surface area contributed by atoms with Crippen LogP contribution < -0.4 is 10.9 Å². The van der Waals surface area contributed by atoms with Crippen LogP contribution in [0.25, 0.3) is 21.5 Å². The zero-order valence-electron chi connectivity index (χ0n) is 17.9. The second-order valence-electron chi connectivity index (χ2n) is 8.63. The van der Waals surface area contributed by atoms with Crippen LogP contribution >= 0.6 is 0 Å². The normalized spacial score (nSPS) is 11.7. The molecule has 0 aliphatic carbocycles. The molecule has 4 aromatic rings. The summed E-state index contributed by atoms with van der Waals surface area (Å²) < 4.78 is 11.6. The Kier molecular flexibility index (Phi) is 6.44. The van der Waals surface area contributed by atoms with Gasteiger partial charge in [0.15, 0.2) is 0 Å². The highest BCUT2D eigenvalue weighted by Gasteiger charge is 2.28. The summed E-state index contributed by atoms with van der Waals surface area (Å²) in [6.45, 7) is 4.52. The van der Waals surface area contributed by atoms with Gasteiger partial charge < -0.3 is 19.4 Å². The molecule has 2 N–H and O–H groups in total. The summed E-state index contributed by atoms with van der Waals surface area (Å²) in [7, 11) is -2.07. The van der Waals surface area contributed by atoms with Gasteiger partial charge in [0.2, 0.25) is 0 Å². The molecule has 0 aliphatic rings. The minimum atomic E-state index is -1.03. The zero-order chi connectivity index (χ0) is 21.8. The van der Waals surface area contributed by atoms with E-state index < -0.39 is 19.7 Å². The Hall–Kier alpha value is -2.63. The number of rotatable bonds is 8. The van der Waals surface area contributed by atoms with Crippen molar-refractivity contribution in [2.24, 2.45) is 5.41 Å². The predicted molar refractivity (Wildman–Crippen MR) is 129 cm³/mol. The van der Waals surface area contributed by atoms with Crippen molar-refractivity contribution in [1.29, 1.82) is 0 Å². The summed E-state index contributed by atoms with van der Waals surface area (Å²) in [4.78, 5) is 0. The third kappa shape index (κ3) is 5.00. The van der Waals surface area contributed by atoms with Gasteiger partial charge in [-0.1, -0.05) is 98.8 Å². The van der Waals surface area contributed by atoms with Gasteiger partial charge in [0.25, 0.3) is 0 Å². The molecule has 156 valence electrons. The molecule has 6 heteroatoms. The van der Waals surface area contributed by atoms with E-state index in [0.717, 1.165) is 32.5 Å². The fraction of sp³-hybridized carbons (Fsp3) is 0.200. The van der Waals surface area contributed by atoms with E-state index in [1.54, 1.807) is 0 Å². The van der Waals surface area contributed by atoms with Crippen LogP contribution in [0, 0.1) is 5.41 Å². The first-order chi connectivity index (χ1) is 14.9. The van der Waals surface area contributed by atoms with E-state index >= 15 is 0 Å². The van der Waals surface area contributed by atoms with Gasteiger partial charge in [-0.25, -0.2) is 0 Å². The lowest BCUT2D eigenvalue weighted by atomic mass is 9.75. The molecule has 4 nitrogen and oxygen atoms in total. The quantitative estimate of drug-likeness (QED) is 0.437. The lowest BCUT2D eigenvalue weighted by Gasteiger charge is -2.26. The molecule has 31 heavy (non-hydrogen) atoms. The second kappa shape index (κ2) is 9.25. The maximum atomic E-state index is 10.6. The molecule has 0 saturated carbocycles. The van der Waals surface area contributed by atoms with Crippen LogP contribution in [0.4, 0.5) is 0 Å². The first-order valence-corrected chi connectivity index (χ1v) is 10.5. The van der Waals surface area contributed by atoms with E-state index in [-0.39, 0.29) is 13.2 Å². The number of hydrogen-bond acceptors (Lipinski definition) is 4. The van der Waals surface area contributed by atoms with Crippen molar-refractivity contribution in [2.45, 2.75) is 13.8 Å². The minimum Gasteiger partial charge on any atom is -0.423 e. The van der Waals surface area contributed by atoms with Crippen LogP contribution in [0.2, 0.25) is 0 Å². The molecule has 0 spiro atoms. The van der Waals surface area contributed by atoms with Crippen molar-refractivity contribution in [3.63, 3.8) is 0 Å². The molecule has 0 aromatic heterocycles. The van der Waals surface area contributed by atoms with E-state index in [9.17, 15) is 10.0 Å². The Labute approximate surface area is 183 Å². The van der Waals surface area contributed by atoms with Gasteiger partial charge >= 0.3 is 14.2 Å². The lowest BCUT2D eigenvalue weighted by Crippen LogP contribution is -2.41. The first-order valence-electron chi connectivity index (χ1n) is 10.5. The smallest absolute Gasteiger partial charge is 0.423 e. The van der Waals surface area contributed by atoms with Gasteiger partial charge in [0, 0.05) is 18.6 Å². The van der Waals surface area contributed by atoms with Gasteiger partial charge in [0.05, 0.1) is 0 Å². The van der Waals surface area contributed by atoms with E-state index in [2.05, 4.69) is 0 Å². The fourth-order valence-electron chi connectivity index (χ4n) is 3.76. The van der Waals surface area contributed by atoms with Gasteiger partial charge in [-0.05, 0) is 32.5 Å². The highest BCUT2D eigenvalue weighted by molar-refractivity contribution is 6.63. The Balaban J connectivity index is 1.39. The number of fused-ring (bicyclic) bond motifs is 2. The summed E-state index contributed by atoms with van der Waals surface area (Å²) >= 11 is 0. The molecular formula is C25H26B2O4.